The summed E-state index contributed by atoms with van der Waals surface area (Å²) >= 11 is 5.83. The van der Waals surface area contributed by atoms with Gasteiger partial charge in [-0.05, 0) is 24.3 Å². The van der Waals surface area contributed by atoms with Gasteiger partial charge in [-0.25, -0.2) is 9.78 Å². The summed E-state index contributed by atoms with van der Waals surface area (Å²) in [6, 6.07) is 5.59. The molecule has 0 unspecified atom stereocenters. The van der Waals surface area contributed by atoms with Crippen molar-refractivity contribution in [2.75, 3.05) is 0 Å². The Labute approximate surface area is 121 Å². The van der Waals surface area contributed by atoms with E-state index in [2.05, 4.69) is 4.98 Å². The minimum Gasteiger partial charge on any atom is -0.478 e. The first kappa shape index (κ1) is 15.1. The molecule has 4 nitrogen and oxygen atoms in total. The average Bonchev–Trinajstić information content (AvgIpc) is 2.40. The molecule has 0 aliphatic rings. The van der Waals surface area contributed by atoms with Gasteiger partial charge in [0, 0.05) is 12.3 Å². The van der Waals surface area contributed by atoms with Crippen LogP contribution in [0.4, 0.5) is 13.2 Å². The lowest BCUT2D eigenvalue weighted by Crippen LogP contribution is -2.05. The molecule has 2 rings (SSSR count). The van der Waals surface area contributed by atoms with E-state index >= 15 is 0 Å². The van der Waals surface area contributed by atoms with E-state index in [0.29, 0.717) is 6.20 Å². The highest BCUT2D eigenvalue weighted by Crippen LogP contribution is 2.32. The largest absolute Gasteiger partial charge is 0.478 e. The Kier molecular flexibility index (Phi) is 4.04. The second kappa shape index (κ2) is 5.61. The van der Waals surface area contributed by atoms with Gasteiger partial charge in [-0.3, -0.25) is 0 Å². The topological polar surface area (TPSA) is 59.4 Å². The highest BCUT2D eigenvalue weighted by Gasteiger charge is 2.30. The lowest BCUT2D eigenvalue weighted by molar-refractivity contribution is -0.137. The van der Waals surface area contributed by atoms with Gasteiger partial charge in [-0.2, -0.15) is 13.2 Å². The Balaban J connectivity index is 2.20. The molecule has 110 valence electrons. The van der Waals surface area contributed by atoms with Crippen molar-refractivity contribution in [1.82, 2.24) is 4.98 Å². The summed E-state index contributed by atoms with van der Waals surface area (Å²) in [5.74, 6) is -1.15. The minimum atomic E-state index is -4.48. The van der Waals surface area contributed by atoms with Crippen LogP contribution in [0.3, 0.4) is 0 Å². The fraction of sp³-hybridized carbons (Fsp3) is 0.0769. The van der Waals surface area contributed by atoms with Gasteiger partial charge in [-0.1, -0.05) is 11.6 Å². The number of rotatable bonds is 3. The van der Waals surface area contributed by atoms with Gasteiger partial charge in [0.2, 0.25) is 5.88 Å². The van der Waals surface area contributed by atoms with Crippen molar-refractivity contribution < 1.29 is 27.8 Å². The molecule has 21 heavy (non-hydrogen) atoms. The molecule has 0 fully saturated rings. The van der Waals surface area contributed by atoms with Crippen LogP contribution in [0.15, 0.2) is 36.5 Å². The van der Waals surface area contributed by atoms with Crippen molar-refractivity contribution in [2.24, 2.45) is 0 Å². The van der Waals surface area contributed by atoms with Crippen molar-refractivity contribution in [3.05, 3.63) is 52.7 Å². The number of alkyl halides is 3. The molecule has 1 aromatic heterocycles. The Morgan fingerprint density at radius 2 is 1.95 bits per heavy atom. The maximum atomic E-state index is 12.4. The number of halogens is 4. The number of carbonyl (C=O) groups is 1. The average molecular weight is 318 g/mol. The normalized spacial score (nSPS) is 11.2. The fourth-order valence-corrected chi connectivity index (χ4v) is 1.66. The zero-order valence-corrected chi connectivity index (χ0v) is 10.9. The Morgan fingerprint density at radius 3 is 2.43 bits per heavy atom. The number of hydrogen-bond acceptors (Lipinski definition) is 3. The molecule has 1 heterocycles. The number of pyridine rings is 1. The standard InChI is InChI=1S/C13H7ClF3NO3/c14-9-5-7(12(19)20)1-3-10(9)21-11-4-2-8(6-18-11)13(15,16)17/h1-6H,(H,19,20). The summed E-state index contributed by atoms with van der Waals surface area (Å²) in [7, 11) is 0. The maximum Gasteiger partial charge on any atom is 0.417 e. The van der Waals surface area contributed by atoms with Gasteiger partial charge in [-0.15, -0.1) is 0 Å². The molecule has 1 N–H and O–H groups in total. The first-order valence-electron chi connectivity index (χ1n) is 5.51. The van der Waals surface area contributed by atoms with Crippen molar-refractivity contribution in [3.8, 4) is 11.6 Å². The molecule has 0 aliphatic carbocycles. The lowest BCUT2D eigenvalue weighted by Gasteiger charge is -2.09. The minimum absolute atomic E-state index is 0.0107. The van der Waals surface area contributed by atoms with Gasteiger partial charge >= 0.3 is 12.1 Å². The number of carboxylic acids is 1. The van der Waals surface area contributed by atoms with E-state index in [4.69, 9.17) is 21.4 Å². The quantitative estimate of drug-likeness (QED) is 0.919. The number of benzene rings is 1. The van der Waals surface area contributed by atoms with Crippen LogP contribution in [0, 0.1) is 0 Å². The number of nitrogens with zero attached hydrogens (tertiary/aromatic N) is 1. The predicted molar refractivity (Wildman–Crippen MR) is 67.7 cm³/mol. The third-order valence-corrected chi connectivity index (χ3v) is 2.75. The molecule has 0 saturated heterocycles. The van der Waals surface area contributed by atoms with Crippen LogP contribution in [-0.2, 0) is 6.18 Å². The van der Waals surface area contributed by atoms with E-state index in [1.807, 2.05) is 0 Å². The van der Waals surface area contributed by atoms with E-state index in [1.54, 1.807) is 0 Å². The number of aromatic carboxylic acids is 1. The van der Waals surface area contributed by atoms with Gasteiger partial charge in [0.05, 0.1) is 16.1 Å². The molecule has 0 atom stereocenters. The highest BCUT2D eigenvalue weighted by molar-refractivity contribution is 6.32. The van der Waals surface area contributed by atoms with Crippen LogP contribution in [0.2, 0.25) is 5.02 Å². The smallest absolute Gasteiger partial charge is 0.417 e. The molecule has 0 spiro atoms. The van der Waals surface area contributed by atoms with Crippen molar-refractivity contribution in [3.63, 3.8) is 0 Å². The van der Waals surface area contributed by atoms with E-state index in [9.17, 15) is 18.0 Å². The summed E-state index contributed by atoms with van der Waals surface area (Å²) in [6.07, 6.45) is -3.85. The number of hydrogen-bond donors (Lipinski definition) is 1. The summed E-state index contributed by atoms with van der Waals surface area (Å²) in [4.78, 5) is 14.3. The molecule has 1 aromatic carbocycles. The number of carboxylic acid groups (broad SMARTS) is 1. The number of aromatic nitrogens is 1. The monoisotopic (exact) mass is 317 g/mol. The third-order valence-electron chi connectivity index (χ3n) is 2.46. The molecule has 8 heteroatoms. The van der Waals surface area contributed by atoms with Crippen LogP contribution >= 0.6 is 11.6 Å². The zero-order chi connectivity index (χ0) is 15.6. The number of ether oxygens (including phenoxy) is 1. The molecule has 0 bridgehead atoms. The first-order valence-corrected chi connectivity index (χ1v) is 5.89. The van der Waals surface area contributed by atoms with E-state index < -0.39 is 17.7 Å². The van der Waals surface area contributed by atoms with E-state index in [-0.39, 0.29) is 22.2 Å². The highest BCUT2D eigenvalue weighted by atomic mass is 35.5. The van der Waals surface area contributed by atoms with Crippen LogP contribution in [0.1, 0.15) is 15.9 Å². The van der Waals surface area contributed by atoms with Crippen molar-refractivity contribution in [1.29, 1.82) is 0 Å². The first-order chi connectivity index (χ1) is 9.77. The predicted octanol–water partition coefficient (Wildman–Crippen LogP) is 4.24. The Morgan fingerprint density at radius 1 is 1.24 bits per heavy atom. The summed E-state index contributed by atoms with van der Waals surface area (Å²) < 4.78 is 42.3. The van der Waals surface area contributed by atoms with E-state index in [1.165, 1.54) is 18.2 Å². The van der Waals surface area contributed by atoms with Gasteiger partial charge in [0.15, 0.2) is 0 Å². The third kappa shape index (κ3) is 3.63. The van der Waals surface area contributed by atoms with Crippen LogP contribution < -0.4 is 4.74 Å². The molecule has 0 amide bonds. The lowest BCUT2D eigenvalue weighted by atomic mass is 10.2. The van der Waals surface area contributed by atoms with E-state index in [0.717, 1.165) is 12.1 Å². The molecule has 0 aliphatic heterocycles. The fourth-order valence-electron chi connectivity index (χ4n) is 1.44. The van der Waals surface area contributed by atoms with Gasteiger partial charge in [0.25, 0.3) is 0 Å². The molecular weight excluding hydrogens is 311 g/mol. The molecular formula is C13H7ClF3NO3. The van der Waals surface area contributed by atoms with Crippen LogP contribution in [0.5, 0.6) is 11.6 Å². The Bertz CT molecular complexity index is 671. The summed E-state index contributed by atoms with van der Waals surface area (Å²) in [5, 5.41) is 8.79. The SMILES string of the molecule is O=C(O)c1ccc(Oc2ccc(C(F)(F)F)cn2)c(Cl)c1. The maximum absolute atomic E-state index is 12.4. The van der Waals surface area contributed by atoms with Crippen molar-refractivity contribution in [2.45, 2.75) is 6.18 Å². The summed E-state index contributed by atoms with van der Waals surface area (Å²) in [6.45, 7) is 0. The molecule has 2 aromatic rings. The van der Waals surface area contributed by atoms with Gasteiger partial charge in [0.1, 0.15) is 5.75 Å². The second-order valence-corrected chi connectivity index (χ2v) is 4.34. The molecule has 0 radical (unpaired) electrons. The Hall–Kier alpha value is -2.28. The van der Waals surface area contributed by atoms with Crippen molar-refractivity contribution >= 4 is 17.6 Å². The van der Waals surface area contributed by atoms with Crippen LogP contribution in [-0.4, -0.2) is 16.1 Å². The van der Waals surface area contributed by atoms with Crippen LogP contribution in [0.25, 0.3) is 0 Å². The molecule has 0 saturated carbocycles. The zero-order valence-electron chi connectivity index (χ0n) is 10.2. The summed E-state index contributed by atoms with van der Waals surface area (Å²) in [5.41, 5.74) is -0.935. The van der Waals surface area contributed by atoms with Gasteiger partial charge < -0.3 is 9.84 Å². The second-order valence-electron chi connectivity index (χ2n) is 3.94.